The summed E-state index contributed by atoms with van der Waals surface area (Å²) in [6.07, 6.45) is 1.62. The molecule has 1 N–H and O–H groups in total. The molecular weight excluding hydrogens is 213 g/mol. The summed E-state index contributed by atoms with van der Waals surface area (Å²) < 4.78 is 0. The fourth-order valence-electron chi connectivity index (χ4n) is 1.12. The first-order valence-electron chi connectivity index (χ1n) is 3.51. The molecule has 0 fully saturated rings. The second-order valence-corrected chi connectivity index (χ2v) is 2.87. The van der Waals surface area contributed by atoms with E-state index in [9.17, 15) is 5.11 Å². The van der Waals surface area contributed by atoms with Crippen LogP contribution in [0.2, 0.25) is 5.02 Å². The molecule has 0 saturated heterocycles. The number of phenols is 1. The van der Waals surface area contributed by atoms with Gasteiger partial charge in [0, 0.05) is 11.6 Å². The first-order valence-corrected chi connectivity index (χ1v) is 3.89. The zero-order chi connectivity index (χ0) is 8.55. The molecule has 2 aromatic rings. The van der Waals surface area contributed by atoms with Gasteiger partial charge in [0.15, 0.2) is 0 Å². The number of rotatable bonds is 0. The molecule has 1 heterocycles. The van der Waals surface area contributed by atoms with Crippen LogP contribution in [0.5, 0.6) is 5.75 Å². The molecular formula is C9H7ClKNO. The number of fused-ring (bicyclic) bond motifs is 1. The Labute approximate surface area is 125 Å². The maximum atomic E-state index is 9.37. The molecule has 1 aromatic heterocycles. The van der Waals surface area contributed by atoms with E-state index in [0.29, 0.717) is 10.5 Å². The molecule has 2 rings (SSSR count). The minimum atomic E-state index is 0. The SMILES string of the molecule is Oc1ccc(Cl)c2cccnc12.[H-].[K+]. The number of benzene rings is 1. The first kappa shape index (κ1) is 11.4. The zero-order valence-corrected chi connectivity index (χ0v) is 11.0. The van der Waals surface area contributed by atoms with E-state index >= 15 is 0 Å². The molecule has 0 aliphatic rings. The van der Waals surface area contributed by atoms with Crippen molar-refractivity contribution in [3.05, 3.63) is 35.5 Å². The van der Waals surface area contributed by atoms with Gasteiger partial charge in [0.2, 0.25) is 0 Å². The van der Waals surface area contributed by atoms with Crippen LogP contribution in [0.4, 0.5) is 0 Å². The molecule has 62 valence electrons. The van der Waals surface area contributed by atoms with Crippen molar-refractivity contribution in [2.45, 2.75) is 0 Å². The van der Waals surface area contributed by atoms with Gasteiger partial charge in [-0.05, 0) is 24.3 Å². The number of hydrogen-bond acceptors (Lipinski definition) is 2. The molecule has 1 aromatic carbocycles. The summed E-state index contributed by atoms with van der Waals surface area (Å²) in [6.45, 7) is 0. The van der Waals surface area contributed by atoms with Crippen molar-refractivity contribution >= 4 is 22.5 Å². The van der Waals surface area contributed by atoms with Gasteiger partial charge in [-0.1, -0.05) is 11.6 Å². The van der Waals surface area contributed by atoms with Crippen molar-refractivity contribution in [3.8, 4) is 5.75 Å². The van der Waals surface area contributed by atoms with Crippen LogP contribution in [0.15, 0.2) is 30.5 Å². The molecule has 0 aliphatic carbocycles. The Bertz CT molecular complexity index is 398. The fraction of sp³-hybridized carbons (Fsp3) is 0. The van der Waals surface area contributed by atoms with Crippen LogP contribution < -0.4 is 51.4 Å². The summed E-state index contributed by atoms with van der Waals surface area (Å²) in [5.74, 6) is 0.162. The molecule has 0 atom stereocenters. The van der Waals surface area contributed by atoms with Crippen LogP contribution in [0.3, 0.4) is 0 Å². The summed E-state index contributed by atoms with van der Waals surface area (Å²) in [7, 11) is 0. The third kappa shape index (κ3) is 2.23. The molecule has 0 saturated carbocycles. The molecule has 4 heteroatoms. The number of aromatic nitrogens is 1. The van der Waals surface area contributed by atoms with E-state index in [1.54, 1.807) is 18.3 Å². The Morgan fingerprint density at radius 3 is 2.77 bits per heavy atom. The Hall–Kier alpha value is 0.356. The number of aromatic hydroxyl groups is 1. The molecule has 0 bridgehead atoms. The summed E-state index contributed by atoms with van der Waals surface area (Å²) >= 11 is 5.88. The zero-order valence-electron chi connectivity index (χ0n) is 8.16. The van der Waals surface area contributed by atoms with Crippen LogP contribution in [0.25, 0.3) is 10.9 Å². The molecule has 0 radical (unpaired) electrons. The van der Waals surface area contributed by atoms with Crippen LogP contribution in [-0.4, -0.2) is 10.1 Å². The van der Waals surface area contributed by atoms with Gasteiger partial charge in [0.25, 0.3) is 0 Å². The van der Waals surface area contributed by atoms with Gasteiger partial charge in [0.05, 0.1) is 5.02 Å². The van der Waals surface area contributed by atoms with Crippen LogP contribution in [0, 0.1) is 0 Å². The second-order valence-electron chi connectivity index (χ2n) is 2.47. The predicted octanol–water partition coefficient (Wildman–Crippen LogP) is -0.290. The van der Waals surface area contributed by atoms with Crippen LogP contribution in [-0.2, 0) is 0 Å². The average Bonchev–Trinajstić information content (AvgIpc) is 2.12. The summed E-state index contributed by atoms with van der Waals surface area (Å²) in [5.41, 5.74) is 0.546. The van der Waals surface area contributed by atoms with Gasteiger partial charge >= 0.3 is 51.4 Å². The van der Waals surface area contributed by atoms with Gasteiger partial charge in [-0.3, -0.25) is 4.98 Å². The molecule has 2 nitrogen and oxygen atoms in total. The predicted molar refractivity (Wildman–Crippen MR) is 49.5 cm³/mol. The van der Waals surface area contributed by atoms with E-state index in [4.69, 9.17) is 11.6 Å². The smallest absolute Gasteiger partial charge is 1.00 e. The Balaban J connectivity index is 0.000000845. The van der Waals surface area contributed by atoms with Crippen molar-refractivity contribution in [1.29, 1.82) is 0 Å². The molecule has 0 unspecified atom stereocenters. The maximum Gasteiger partial charge on any atom is 1.00 e. The van der Waals surface area contributed by atoms with Crippen molar-refractivity contribution in [2.24, 2.45) is 0 Å². The minimum absolute atomic E-state index is 0. The second kappa shape index (κ2) is 4.73. The topological polar surface area (TPSA) is 33.1 Å². The van der Waals surface area contributed by atoms with Crippen molar-refractivity contribution in [2.75, 3.05) is 0 Å². The van der Waals surface area contributed by atoms with E-state index in [0.717, 1.165) is 5.39 Å². The fourth-order valence-corrected chi connectivity index (χ4v) is 1.34. The van der Waals surface area contributed by atoms with Crippen LogP contribution in [0.1, 0.15) is 1.43 Å². The molecule has 13 heavy (non-hydrogen) atoms. The monoisotopic (exact) mass is 219 g/mol. The summed E-state index contributed by atoms with van der Waals surface area (Å²) in [6, 6.07) is 6.80. The summed E-state index contributed by atoms with van der Waals surface area (Å²) in [5, 5.41) is 10.8. The largest absolute Gasteiger partial charge is 1.00 e. The number of hydrogen-bond donors (Lipinski definition) is 1. The van der Waals surface area contributed by atoms with Gasteiger partial charge in [-0.2, -0.15) is 0 Å². The third-order valence-electron chi connectivity index (χ3n) is 1.70. The Morgan fingerprint density at radius 2 is 2.08 bits per heavy atom. The van der Waals surface area contributed by atoms with E-state index in [2.05, 4.69) is 4.98 Å². The molecule has 0 amide bonds. The summed E-state index contributed by atoms with van der Waals surface area (Å²) in [4.78, 5) is 4.01. The quantitative estimate of drug-likeness (QED) is 0.618. The number of halogens is 1. The standard InChI is InChI=1S/C9H6ClNO.K.H/c10-7-3-4-8(12)9-6(7)2-1-5-11-9;;/h1-5,12H;;/q;+1;-1. The van der Waals surface area contributed by atoms with Crippen molar-refractivity contribution < 1.29 is 57.9 Å². The number of phenolic OH excluding ortho intramolecular Hbond substituents is 1. The minimum Gasteiger partial charge on any atom is -1.00 e. The Kier molecular flexibility index (Phi) is 4.16. The van der Waals surface area contributed by atoms with Crippen LogP contribution >= 0.6 is 11.6 Å². The van der Waals surface area contributed by atoms with Gasteiger partial charge in [0.1, 0.15) is 11.3 Å². The number of pyridine rings is 1. The third-order valence-corrected chi connectivity index (χ3v) is 2.02. The van der Waals surface area contributed by atoms with E-state index < -0.39 is 0 Å². The van der Waals surface area contributed by atoms with E-state index in [-0.39, 0.29) is 58.6 Å². The Morgan fingerprint density at radius 1 is 1.31 bits per heavy atom. The average molecular weight is 220 g/mol. The number of nitrogens with zero attached hydrogens (tertiary/aromatic N) is 1. The van der Waals surface area contributed by atoms with E-state index in [1.807, 2.05) is 6.07 Å². The van der Waals surface area contributed by atoms with Gasteiger partial charge in [-0.15, -0.1) is 0 Å². The first-order chi connectivity index (χ1) is 5.79. The van der Waals surface area contributed by atoms with Crippen molar-refractivity contribution in [1.82, 2.24) is 4.98 Å². The molecule has 0 aliphatic heterocycles. The normalized spacial score (nSPS) is 9.62. The van der Waals surface area contributed by atoms with Gasteiger partial charge in [-0.25, -0.2) is 0 Å². The van der Waals surface area contributed by atoms with Gasteiger partial charge < -0.3 is 6.53 Å². The molecule has 0 spiro atoms. The van der Waals surface area contributed by atoms with Crippen molar-refractivity contribution in [3.63, 3.8) is 0 Å². The van der Waals surface area contributed by atoms with E-state index in [1.165, 1.54) is 6.07 Å². The maximum absolute atomic E-state index is 9.37.